The molecule has 3 heterocycles. The number of H-pyrrole nitrogens is 1. The third-order valence-corrected chi connectivity index (χ3v) is 7.33. The molecule has 7 heteroatoms. The molecule has 0 radical (unpaired) electrons. The van der Waals surface area contributed by atoms with Gasteiger partial charge >= 0.3 is 0 Å². The maximum absolute atomic E-state index is 13.6. The molecule has 2 N–H and O–H groups in total. The SMILES string of the molecule is CC(C)CN(Cc1cc(O)c2c(c1)OCCCO2)C(=O)CC1CCCN(Cc2cccc3cc[nH]c23)C1. The molecule has 1 amide bonds. The first-order valence-electron chi connectivity index (χ1n) is 13.6. The minimum Gasteiger partial charge on any atom is -0.504 e. The van der Waals surface area contributed by atoms with E-state index in [-0.39, 0.29) is 11.7 Å². The quantitative estimate of drug-likeness (QED) is 0.433. The van der Waals surface area contributed by atoms with Crippen molar-refractivity contribution < 1.29 is 19.4 Å². The van der Waals surface area contributed by atoms with E-state index in [0.717, 1.165) is 44.5 Å². The Balaban J connectivity index is 1.24. The number of amides is 1. The van der Waals surface area contributed by atoms with Crippen molar-refractivity contribution in [2.75, 3.05) is 32.8 Å². The van der Waals surface area contributed by atoms with Crippen molar-refractivity contribution in [2.45, 2.75) is 52.6 Å². The fourth-order valence-electron chi connectivity index (χ4n) is 5.68. The van der Waals surface area contributed by atoms with Gasteiger partial charge in [-0.1, -0.05) is 32.0 Å². The molecule has 0 aliphatic carbocycles. The molecule has 1 aromatic heterocycles. The van der Waals surface area contributed by atoms with Crippen LogP contribution in [0, 0.1) is 11.8 Å². The van der Waals surface area contributed by atoms with E-state index in [9.17, 15) is 9.90 Å². The van der Waals surface area contributed by atoms with Crippen LogP contribution in [0.15, 0.2) is 42.6 Å². The number of likely N-dealkylation sites (tertiary alicyclic amines) is 1. The maximum Gasteiger partial charge on any atom is 0.223 e. The van der Waals surface area contributed by atoms with Gasteiger partial charge in [0.15, 0.2) is 11.5 Å². The molecule has 2 aromatic carbocycles. The van der Waals surface area contributed by atoms with Gasteiger partial charge in [0.1, 0.15) is 0 Å². The summed E-state index contributed by atoms with van der Waals surface area (Å²) in [7, 11) is 0. The van der Waals surface area contributed by atoms with Crippen LogP contribution in [0.3, 0.4) is 0 Å². The van der Waals surface area contributed by atoms with E-state index < -0.39 is 0 Å². The predicted molar refractivity (Wildman–Crippen MR) is 145 cm³/mol. The number of hydrogen-bond donors (Lipinski definition) is 2. The van der Waals surface area contributed by atoms with E-state index in [1.54, 1.807) is 6.07 Å². The summed E-state index contributed by atoms with van der Waals surface area (Å²) < 4.78 is 11.5. The largest absolute Gasteiger partial charge is 0.504 e. The van der Waals surface area contributed by atoms with E-state index in [0.29, 0.717) is 56.1 Å². The molecule has 0 saturated carbocycles. The molecule has 5 rings (SSSR count). The summed E-state index contributed by atoms with van der Waals surface area (Å²) in [5.74, 6) is 1.91. The smallest absolute Gasteiger partial charge is 0.223 e. The van der Waals surface area contributed by atoms with Gasteiger partial charge in [-0.25, -0.2) is 0 Å². The number of benzene rings is 2. The van der Waals surface area contributed by atoms with E-state index in [2.05, 4.69) is 48.0 Å². The van der Waals surface area contributed by atoms with Gasteiger partial charge in [0, 0.05) is 50.7 Å². The summed E-state index contributed by atoms with van der Waals surface area (Å²) in [6.45, 7) is 9.37. The van der Waals surface area contributed by atoms with Crippen LogP contribution in [0.4, 0.5) is 0 Å². The highest BCUT2D eigenvalue weighted by molar-refractivity contribution is 5.82. The lowest BCUT2D eigenvalue weighted by Gasteiger charge is -2.34. The van der Waals surface area contributed by atoms with E-state index >= 15 is 0 Å². The Morgan fingerprint density at radius 2 is 2.05 bits per heavy atom. The average molecular weight is 506 g/mol. The van der Waals surface area contributed by atoms with Crippen LogP contribution >= 0.6 is 0 Å². The minimum atomic E-state index is 0.0753. The Morgan fingerprint density at radius 3 is 2.92 bits per heavy atom. The molecule has 2 aliphatic heterocycles. The lowest BCUT2D eigenvalue weighted by atomic mass is 9.93. The minimum absolute atomic E-state index is 0.0753. The highest BCUT2D eigenvalue weighted by Crippen LogP contribution is 2.39. The Bertz CT molecular complexity index is 1220. The third-order valence-electron chi connectivity index (χ3n) is 7.33. The first-order valence-corrected chi connectivity index (χ1v) is 13.6. The Kier molecular flexibility index (Phi) is 7.89. The summed E-state index contributed by atoms with van der Waals surface area (Å²) in [6.07, 6.45) is 5.51. The van der Waals surface area contributed by atoms with Crippen LogP contribution in [-0.2, 0) is 17.9 Å². The standard InChI is InChI=1S/C30H39N3O4/c1-21(2)17-33(19-23-14-26(34)30-27(15-23)36-12-5-13-37-30)28(35)16-22-6-4-11-32(18-22)20-25-8-3-7-24-9-10-31-29(24)25/h3,7-10,14-15,21-22,31,34H,4-6,11-13,16-20H2,1-2H3. The summed E-state index contributed by atoms with van der Waals surface area (Å²) in [5, 5.41) is 11.8. The predicted octanol–water partition coefficient (Wildman–Crippen LogP) is 5.32. The van der Waals surface area contributed by atoms with Gasteiger partial charge in [-0.05, 0) is 65.9 Å². The number of fused-ring (bicyclic) bond motifs is 2. The highest BCUT2D eigenvalue weighted by atomic mass is 16.5. The molecule has 37 heavy (non-hydrogen) atoms. The zero-order valence-electron chi connectivity index (χ0n) is 22.0. The summed E-state index contributed by atoms with van der Waals surface area (Å²) in [5.41, 5.74) is 3.38. The zero-order chi connectivity index (χ0) is 25.8. The van der Waals surface area contributed by atoms with Crippen molar-refractivity contribution >= 4 is 16.8 Å². The van der Waals surface area contributed by atoms with Gasteiger partial charge in [0.25, 0.3) is 0 Å². The highest BCUT2D eigenvalue weighted by Gasteiger charge is 2.26. The molecule has 1 atom stereocenters. The second-order valence-electron chi connectivity index (χ2n) is 11.0. The van der Waals surface area contributed by atoms with E-state index in [4.69, 9.17) is 9.47 Å². The molecule has 1 saturated heterocycles. The first kappa shape index (κ1) is 25.5. The van der Waals surface area contributed by atoms with Crippen LogP contribution in [-0.4, -0.2) is 58.6 Å². The number of aromatic hydroxyl groups is 1. The maximum atomic E-state index is 13.6. The monoisotopic (exact) mass is 505 g/mol. The van der Waals surface area contributed by atoms with Crippen molar-refractivity contribution in [3.63, 3.8) is 0 Å². The number of aromatic nitrogens is 1. The van der Waals surface area contributed by atoms with Gasteiger partial charge in [0.2, 0.25) is 11.7 Å². The molecule has 198 valence electrons. The summed E-state index contributed by atoms with van der Waals surface area (Å²) in [6, 6.07) is 12.2. The number of piperidine rings is 1. The number of aromatic amines is 1. The van der Waals surface area contributed by atoms with Gasteiger partial charge in [0.05, 0.1) is 13.2 Å². The Hall–Kier alpha value is -3.19. The van der Waals surface area contributed by atoms with E-state index in [1.165, 1.54) is 16.5 Å². The van der Waals surface area contributed by atoms with Crippen molar-refractivity contribution in [1.82, 2.24) is 14.8 Å². The van der Waals surface area contributed by atoms with Gasteiger partial charge in [-0.15, -0.1) is 0 Å². The lowest BCUT2D eigenvalue weighted by molar-refractivity contribution is -0.133. The average Bonchev–Trinajstić information content (AvgIpc) is 3.22. The second-order valence-corrected chi connectivity index (χ2v) is 11.0. The molecule has 2 aliphatic rings. The molecule has 1 fully saturated rings. The third kappa shape index (κ3) is 6.21. The molecular formula is C30H39N3O4. The lowest BCUT2D eigenvalue weighted by Crippen LogP contribution is -2.39. The number of rotatable bonds is 8. The number of carbonyl (C=O) groups excluding carboxylic acids is 1. The molecule has 0 spiro atoms. The fraction of sp³-hybridized carbons (Fsp3) is 0.500. The van der Waals surface area contributed by atoms with Crippen LogP contribution in [0.25, 0.3) is 10.9 Å². The normalized spacial score (nSPS) is 18.2. The molecule has 3 aromatic rings. The fourth-order valence-corrected chi connectivity index (χ4v) is 5.68. The van der Waals surface area contributed by atoms with Crippen LogP contribution in [0.1, 0.15) is 50.7 Å². The van der Waals surface area contributed by atoms with Gasteiger partial charge in [-0.2, -0.15) is 0 Å². The number of para-hydroxylation sites is 1. The van der Waals surface area contributed by atoms with Crippen molar-refractivity contribution in [3.05, 3.63) is 53.7 Å². The number of phenolic OH excluding ortho intramolecular Hbond substituents is 1. The molecule has 7 nitrogen and oxygen atoms in total. The van der Waals surface area contributed by atoms with Crippen molar-refractivity contribution in [3.8, 4) is 17.2 Å². The topological polar surface area (TPSA) is 78.0 Å². The van der Waals surface area contributed by atoms with E-state index in [1.807, 2.05) is 17.2 Å². The van der Waals surface area contributed by atoms with Gasteiger partial charge in [-0.3, -0.25) is 9.69 Å². The van der Waals surface area contributed by atoms with Crippen LogP contribution < -0.4 is 9.47 Å². The zero-order valence-corrected chi connectivity index (χ0v) is 22.0. The Morgan fingerprint density at radius 1 is 1.19 bits per heavy atom. The molecule has 0 bridgehead atoms. The molecule has 1 unspecified atom stereocenters. The Labute approximate surface area is 219 Å². The van der Waals surface area contributed by atoms with Crippen LogP contribution in [0.5, 0.6) is 17.2 Å². The number of phenols is 1. The number of nitrogens with zero attached hydrogens (tertiary/aromatic N) is 2. The number of ether oxygens (including phenoxy) is 2. The number of hydrogen-bond acceptors (Lipinski definition) is 5. The number of carbonyl (C=O) groups is 1. The first-order chi connectivity index (χ1) is 18.0. The molecular weight excluding hydrogens is 466 g/mol. The number of nitrogens with one attached hydrogen (secondary N) is 1. The van der Waals surface area contributed by atoms with Crippen molar-refractivity contribution in [2.24, 2.45) is 11.8 Å². The second kappa shape index (κ2) is 11.5. The summed E-state index contributed by atoms with van der Waals surface area (Å²) >= 11 is 0. The van der Waals surface area contributed by atoms with Crippen LogP contribution in [0.2, 0.25) is 0 Å². The van der Waals surface area contributed by atoms with Crippen molar-refractivity contribution in [1.29, 1.82) is 0 Å². The van der Waals surface area contributed by atoms with Gasteiger partial charge < -0.3 is 24.5 Å². The summed E-state index contributed by atoms with van der Waals surface area (Å²) in [4.78, 5) is 21.4.